The second-order valence-corrected chi connectivity index (χ2v) is 6.53. The first-order valence-electron chi connectivity index (χ1n) is 8.36. The van der Waals surface area contributed by atoms with E-state index in [1.54, 1.807) is 22.9 Å². The van der Waals surface area contributed by atoms with E-state index in [1.807, 2.05) is 13.8 Å². The maximum atomic E-state index is 12.4. The number of hydrogen-bond donors (Lipinski definition) is 2. The molecule has 1 atom stereocenters. The number of ether oxygens (including phenoxy) is 1. The van der Waals surface area contributed by atoms with Gasteiger partial charge in [0.1, 0.15) is 0 Å². The van der Waals surface area contributed by atoms with E-state index in [1.165, 1.54) is 0 Å². The number of amides is 1. The van der Waals surface area contributed by atoms with Crippen LogP contribution in [0.5, 0.6) is 5.75 Å². The van der Waals surface area contributed by atoms with Crippen LogP contribution in [0, 0.1) is 11.8 Å². The minimum absolute atomic E-state index is 0.128. The second-order valence-electron chi connectivity index (χ2n) is 6.53. The van der Waals surface area contributed by atoms with E-state index in [4.69, 9.17) is 4.74 Å². The number of aromatic nitrogens is 1. The molecule has 1 saturated heterocycles. The van der Waals surface area contributed by atoms with Crippen molar-refractivity contribution in [3.63, 3.8) is 0 Å². The lowest BCUT2D eigenvalue weighted by Gasteiger charge is -2.23. The number of rotatable bonds is 7. The van der Waals surface area contributed by atoms with Crippen LogP contribution in [0.2, 0.25) is 0 Å². The molecular weight excluding hydrogens is 294 g/mol. The fourth-order valence-corrected chi connectivity index (χ4v) is 2.64. The lowest BCUT2D eigenvalue weighted by molar-refractivity contribution is -0.123. The van der Waals surface area contributed by atoms with Crippen molar-refractivity contribution in [3.05, 3.63) is 28.7 Å². The van der Waals surface area contributed by atoms with Gasteiger partial charge in [-0.1, -0.05) is 13.8 Å². The summed E-state index contributed by atoms with van der Waals surface area (Å²) in [7, 11) is 0. The number of carbonyl (C=O) groups excluding carboxylic acids is 1. The summed E-state index contributed by atoms with van der Waals surface area (Å²) in [5, 5.41) is 6.12. The van der Waals surface area contributed by atoms with E-state index in [0.29, 0.717) is 24.9 Å². The van der Waals surface area contributed by atoms with E-state index in [-0.39, 0.29) is 23.8 Å². The Bertz CT molecular complexity index is 562. The van der Waals surface area contributed by atoms with Crippen molar-refractivity contribution in [2.45, 2.75) is 33.2 Å². The lowest BCUT2D eigenvalue weighted by atomic mass is 10.00. The zero-order valence-electron chi connectivity index (χ0n) is 14.0. The summed E-state index contributed by atoms with van der Waals surface area (Å²) in [6.45, 7) is 7.21. The molecule has 2 N–H and O–H groups in total. The molecule has 1 amide bonds. The summed E-state index contributed by atoms with van der Waals surface area (Å²) >= 11 is 0. The molecule has 0 spiro atoms. The van der Waals surface area contributed by atoms with Gasteiger partial charge < -0.3 is 19.9 Å². The highest BCUT2D eigenvalue weighted by molar-refractivity contribution is 5.77. The molecule has 6 heteroatoms. The van der Waals surface area contributed by atoms with Crippen LogP contribution in [0.3, 0.4) is 0 Å². The maximum Gasteiger partial charge on any atom is 0.292 e. The van der Waals surface area contributed by atoms with Crippen LogP contribution in [-0.2, 0) is 11.3 Å². The van der Waals surface area contributed by atoms with Gasteiger partial charge in [0, 0.05) is 19.3 Å². The third-order valence-electron chi connectivity index (χ3n) is 3.91. The van der Waals surface area contributed by atoms with Crippen LogP contribution >= 0.6 is 0 Å². The molecule has 1 aliphatic rings. The van der Waals surface area contributed by atoms with Crippen molar-refractivity contribution in [1.29, 1.82) is 0 Å². The Kier molecular flexibility index (Phi) is 6.65. The number of piperidine rings is 1. The molecule has 2 rings (SSSR count). The van der Waals surface area contributed by atoms with E-state index >= 15 is 0 Å². The SMILES string of the molecule is CC(C)CNC(=O)COc1cccn(CC2CCCNC2)c1=O. The molecule has 0 aromatic carbocycles. The highest BCUT2D eigenvalue weighted by Crippen LogP contribution is 2.12. The molecule has 1 unspecified atom stereocenters. The Morgan fingerprint density at radius 3 is 3.04 bits per heavy atom. The van der Waals surface area contributed by atoms with Crippen LogP contribution in [0.1, 0.15) is 26.7 Å². The molecular formula is C17H27N3O3. The predicted molar refractivity (Wildman–Crippen MR) is 89.6 cm³/mol. The third-order valence-corrected chi connectivity index (χ3v) is 3.91. The van der Waals surface area contributed by atoms with Gasteiger partial charge in [0.15, 0.2) is 12.4 Å². The summed E-state index contributed by atoms with van der Waals surface area (Å²) in [5.74, 6) is 0.879. The maximum absolute atomic E-state index is 12.4. The molecule has 0 bridgehead atoms. The minimum atomic E-state index is -0.204. The molecule has 1 aromatic rings. The standard InChI is InChI=1S/C17H27N3O3/c1-13(2)9-19-16(21)12-23-15-6-4-8-20(17(15)22)11-14-5-3-7-18-10-14/h4,6,8,13-14,18H,3,5,7,9-12H2,1-2H3,(H,19,21). The van der Waals surface area contributed by atoms with E-state index in [0.717, 1.165) is 25.9 Å². The molecule has 23 heavy (non-hydrogen) atoms. The van der Waals surface area contributed by atoms with E-state index in [9.17, 15) is 9.59 Å². The lowest BCUT2D eigenvalue weighted by Crippen LogP contribution is -2.35. The second kappa shape index (κ2) is 8.72. The minimum Gasteiger partial charge on any atom is -0.478 e. The topological polar surface area (TPSA) is 72.4 Å². The summed E-state index contributed by atoms with van der Waals surface area (Å²) in [4.78, 5) is 24.1. The van der Waals surface area contributed by atoms with Crippen molar-refractivity contribution in [2.75, 3.05) is 26.2 Å². The highest BCUT2D eigenvalue weighted by Gasteiger charge is 2.15. The Labute approximate surface area is 137 Å². The van der Waals surface area contributed by atoms with Gasteiger partial charge in [0.05, 0.1) is 0 Å². The van der Waals surface area contributed by atoms with Crippen molar-refractivity contribution in [3.8, 4) is 5.75 Å². The monoisotopic (exact) mass is 321 g/mol. The van der Waals surface area contributed by atoms with Gasteiger partial charge in [-0.3, -0.25) is 9.59 Å². The van der Waals surface area contributed by atoms with Gasteiger partial charge in [-0.15, -0.1) is 0 Å². The largest absolute Gasteiger partial charge is 0.478 e. The predicted octanol–water partition coefficient (Wildman–Crippen LogP) is 0.999. The van der Waals surface area contributed by atoms with Gasteiger partial charge in [-0.25, -0.2) is 0 Å². The molecule has 1 fully saturated rings. The summed E-state index contributed by atoms with van der Waals surface area (Å²) < 4.78 is 7.08. The van der Waals surface area contributed by atoms with Gasteiger partial charge >= 0.3 is 0 Å². The zero-order valence-corrected chi connectivity index (χ0v) is 14.0. The fraction of sp³-hybridized carbons (Fsp3) is 0.647. The zero-order chi connectivity index (χ0) is 16.7. The molecule has 2 heterocycles. The van der Waals surface area contributed by atoms with Gasteiger partial charge in [0.25, 0.3) is 11.5 Å². The first kappa shape index (κ1) is 17.5. The summed E-state index contributed by atoms with van der Waals surface area (Å²) in [6, 6.07) is 3.41. The molecule has 1 aliphatic heterocycles. The Morgan fingerprint density at radius 2 is 2.35 bits per heavy atom. The van der Waals surface area contributed by atoms with Crippen molar-refractivity contribution in [1.82, 2.24) is 15.2 Å². The first-order valence-corrected chi connectivity index (χ1v) is 8.36. The average Bonchev–Trinajstić information content (AvgIpc) is 2.54. The van der Waals surface area contributed by atoms with Crippen LogP contribution in [0.4, 0.5) is 0 Å². The first-order chi connectivity index (χ1) is 11.1. The van der Waals surface area contributed by atoms with E-state index in [2.05, 4.69) is 10.6 Å². The molecule has 1 aromatic heterocycles. The van der Waals surface area contributed by atoms with Crippen LogP contribution < -0.4 is 20.9 Å². The Morgan fingerprint density at radius 1 is 1.52 bits per heavy atom. The Balaban J connectivity index is 1.91. The van der Waals surface area contributed by atoms with Crippen molar-refractivity contribution < 1.29 is 9.53 Å². The van der Waals surface area contributed by atoms with Crippen molar-refractivity contribution >= 4 is 5.91 Å². The highest BCUT2D eigenvalue weighted by atomic mass is 16.5. The number of hydrogen-bond acceptors (Lipinski definition) is 4. The van der Waals surface area contributed by atoms with Gasteiger partial charge in [-0.2, -0.15) is 0 Å². The van der Waals surface area contributed by atoms with E-state index < -0.39 is 0 Å². The molecule has 0 aliphatic carbocycles. The normalized spacial score (nSPS) is 18.0. The smallest absolute Gasteiger partial charge is 0.292 e. The Hall–Kier alpha value is -1.82. The summed E-state index contributed by atoms with van der Waals surface area (Å²) in [6.07, 6.45) is 4.05. The van der Waals surface area contributed by atoms with Gasteiger partial charge in [-0.05, 0) is 49.9 Å². The molecule has 6 nitrogen and oxygen atoms in total. The molecule has 0 saturated carbocycles. The van der Waals surface area contributed by atoms with Crippen LogP contribution in [-0.4, -0.2) is 36.7 Å². The van der Waals surface area contributed by atoms with Gasteiger partial charge in [0.2, 0.25) is 0 Å². The molecule has 128 valence electrons. The summed E-state index contributed by atoms with van der Waals surface area (Å²) in [5.41, 5.74) is -0.172. The average molecular weight is 321 g/mol. The van der Waals surface area contributed by atoms with Crippen molar-refractivity contribution in [2.24, 2.45) is 11.8 Å². The number of nitrogens with zero attached hydrogens (tertiary/aromatic N) is 1. The number of pyridine rings is 1. The quantitative estimate of drug-likeness (QED) is 0.786. The third kappa shape index (κ3) is 5.71. The fourth-order valence-electron chi connectivity index (χ4n) is 2.64. The van der Waals surface area contributed by atoms with Crippen LogP contribution in [0.15, 0.2) is 23.1 Å². The number of carbonyl (C=O) groups is 1. The molecule has 0 radical (unpaired) electrons. The van der Waals surface area contributed by atoms with Crippen LogP contribution in [0.25, 0.3) is 0 Å². The number of nitrogens with one attached hydrogen (secondary N) is 2.